The summed E-state index contributed by atoms with van der Waals surface area (Å²) in [6.07, 6.45) is 0.150. The highest BCUT2D eigenvalue weighted by atomic mass is 32.1. The molecule has 0 radical (unpaired) electrons. The van der Waals surface area contributed by atoms with Gasteiger partial charge in [-0.15, -0.1) is 11.3 Å². The summed E-state index contributed by atoms with van der Waals surface area (Å²) in [5.74, 6) is -1.20. The number of anilines is 2. The third-order valence-electron chi connectivity index (χ3n) is 3.14. The minimum atomic E-state index is -0.606. The molecule has 7 nitrogen and oxygen atoms in total. The molecule has 2 heterocycles. The van der Waals surface area contributed by atoms with Crippen LogP contribution in [-0.2, 0) is 9.47 Å². The molecule has 0 amide bonds. The second kappa shape index (κ2) is 5.68. The van der Waals surface area contributed by atoms with E-state index in [0.717, 1.165) is 11.3 Å². The average molecular weight is 300 g/mol. The Balaban J connectivity index is 2.48. The molecule has 1 aromatic rings. The topological polar surface area (TPSA) is 102 Å². The summed E-state index contributed by atoms with van der Waals surface area (Å²) < 4.78 is 9.37. The number of ether oxygens (including phenoxy) is 2. The second-order valence-corrected chi connectivity index (χ2v) is 5.40. The van der Waals surface area contributed by atoms with Gasteiger partial charge in [0.25, 0.3) is 0 Å². The van der Waals surface area contributed by atoms with Crippen molar-refractivity contribution in [2.45, 2.75) is 12.5 Å². The van der Waals surface area contributed by atoms with Crippen molar-refractivity contribution in [3.8, 4) is 0 Å². The number of nitrogen functional groups attached to an aromatic ring is 1. The predicted molar refractivity (Wildman–Crippen MR) is 74.2 cm³/mol. The van der Waals surface area contributed by atoms with E-state index in [0.29, 0.717) is 24.5 Å². The van der Waals surface area contributed by atoms with Gasteiger partial charge in [0, 0.05) is 13.1 Å². The van der Waals surface area contributed by atoms with Crippen molar-refractivity contribution >= 4 is 34.0 Å². The van der Waals surface area contributed by atoms with Gasteiger partial charge in [-0.1, -0.05) is 0 Å². The van der Waals surface area contributed by atoms with Crippen LogP contribution in [0.1, 0.15) is 26.5 Å². The number of rotatable bonds is 3. The van der Waals surface area contributed by atoms with Gasteiger partial charge in [0.05, 0.1) is 26.0 Å². The molecule has 0 aliphatic carbocycles. The molecule has 1 atom stereocenters. The molecular formula is C12H16N2O5S. The van der Waals surface area contributed by atoms with Gasteiger partial charge in [-0.05, 0) is 6.42 Å². The van der Waals surface area contributed by atoms with E-state index < -0.39 is 18.0 Å². The molecule has 1 aromatic heterocycles. The first-order valence-corrected chi connectivity index (χ1v) is 6.83. The van der Waals surface area contributed by atoms with Gasteiger partial charge in [-0.3, -0.25) is 0 Å². The van der Waals surface area contributed by atoms with Gasteiger partial charge in [0.2, 0.25) is 0 Å². The van der Waals surface area contributed by atoms with Crippen molar-refractivity contribution < 1.29 is 24.2 Å². The first-order valence-electron chi connectivity index (χ1n) is 6.01. The van der Waals surface area contributed by atoms with Crippen LogP contribution in [0, 0.1) is 0 Å². The maximum atomic E-state index is 11.9. The van der Waals surface area contributed by atoms with Gasteiger partial charge in [0.15, 0.2) is 0 Å². The van der Waals surface area contributed by atoms with Crippen LogP contribution >= 0.6 is 11.3 Å². The molecule has 0 aromatic carbocycles. The van der Waals surface area contributed by atoms with Gasteiger partial charge < -0.3 is 25.2 Å². The summed E-state index contributed by atoms with van der Waals surface area (Å²) in [7, 11) is 2.50. The second-order valence-electron chi connectivity index (χ2n) is 4.40. The SMILES string of the molecule is COC(=O)c1sc(N2CCC(O)C2)c(C(=O)OC)c1N. The molecule has 1 fully saturated rings. The Labute approximate surface area is 119 Å². The molecule has 8 heteroatoms. The summed E-state index contributed by atoms with van der Waals surface area (Å²) >= 11 is 1.08. The highest BCUT2D eigenvalue weighted by Gasteiger charge is 2.32. The van der Waals surface area contributed by atoms with Crippen LogP contribution in [0.5, 0.6) is 0 Å². The predicted octanol–water partition coefficient (Wildman–Crippen LogP) is 0.475. The van der Waals surface area contributed by atoms with Crippen molar-refractivity contribution in [1.29, 1.82) is 0 Å². The lowest BCUT2D eigenvalue weighted by Gasteiger charge is -2.16. The minimum Gasteiger partial charge on any atom is -0.465 e. The summed E-state index contributed by atoms with van der Waals surface area (Å²) in [5, 5.41) is 10.1. The maximum Gasteiger partial charge on any atom is 0.350 e. The number of carbonyl (C=O) groups excluding carboxylic acids is 2. The number of aliphatic hydroxyl groups excluding tert-OH is 1. The van der Waals surface area contributed by atoms with Gasteiger partial charge in [-0.2, -0.15) is 0 Å². The Hall–Kier alpha value is -1.80. The standard InChI is InChI=1S/C12H16N2O5S/c1-18-11(16)7-8(13)9(12(17)19-2)20-10(7)14-4-3-6(15)5-14/h6,15H,3-5,13H2,1-2H3. The molecule has 20 heavy (non-hydrogen) atoms. The summed E-state index contributed by atoms with van der Waals surface area (Å²) in [5.41, 5.74) is 6.10. The zero-order valence-corrected chi connectivity index (χ0v) is 12.0. The lowest BCUT2D eigenvalue weighted by Crippen LogP contribution is -2.22. The van der Waals surface area contributed by atoms with E-state index in [2.05, 4.69) is 4.74 Å². The first-order chi connectivity index (χ1) is 9.49. The molecule has 1 saturated heterocycles. The Kier molecular flexibility index (Phi) is 4.15. The van der Waals surface area contributed by atoms with E-state index in [1.807, 2.05) is 4.90 Å². The molecule has 1 aliphatic heterocycles. The smallest absolute Gasteiger partial charge is 0.350 e. The van der Waals surface area contributed by atoms with Crippen molar-refractivity contribution in [3.05, 3.63) is 10.4 Å². The number of nitrogens with two attached hydrogens (primary N) is 1. The van der Waals surface area contributed by atoms with Crippen molar-refractivity contribution in [3.63, 3.8) is 0 Å². The van der Waals surface area contributed by atoms with Gasteiger partial charge >= 0.3 is 11.9 Å². The van der Waals surface area contributed by atoms with Crippen molar-refractivity contribution in [2.75, 3.05) is 37.9 Å². The third-order valence-corrected chi connectivity index (χ3v) is 4.38. The molecular weight excluding hydrogens is 284 g/mol. The highest BCUT2D eigenvalue weighted by Crippen LogP contribution is 2.40. The van der Waals surface area contributed by atoms with Gasteiger partial charge in [0.1, 0.15) is 15.4 Å². The first kappa shape index (κ1) is 14.6. The molecule has 0 bridgehead atoms. The summed E-state index contributed by atoms with van der Waals surface area (Å²) in [6.45, 7) is 0.982. The molecule has 2 rings (SSSR count). The molecule has 3 N–H and O–H groups in total. The summed E-state index contributed by atoms with van der Waals surface area (Å²) in [6, 6.07) is 0. The number of aliphatic hydroxyl groups is 1. The Morgan fingerprint density at radius 2 is 2.00 bits per heavy atom. The Morgan fingerprint density at radius 1 is 1.35 bits per heavy atom. The van der Waals surface area contributed by atoms with E-state index >= 15 is 0 Å². The fraction of sp³-hybridized carbons (Fsp3) is 0.500. The van der Waals surface area contributed by atoms with Crippen LogP contribution in [0.25, 0.3) is 0 Å². The molecule has 1 unspecified atom stereocenters. The normalized spacial score (nSPS) is 18.1. The zero-order valence-electron chi connectivity index (χ0n) is 11.2. The summed E-state index contributed by atoms with van der Waals surface area (Å²) in [4.78, 5) is 25.6. The number of esters is 2. The van der Waals surface area contributed by atoms with Crippen molar-refractivity contribution in [1.82, 2.24) is 0 Å². The molecule has 1 aliphatic rings. The van der Waals surface area contributed by atoms with E-state index in [1.165, 1.54) is 14.2 Å². The number of carbonyl (C=O) groups is 2. The largest absolute Gasteiger partial charge is 0.465 e. The fourth-order valence-corrected chi connectivity index (χ4v) is 3.29. The lowest BCUT2D eigenvalue weighted by molar-refractivity contribution is 0.0602. The van der Waals surface area contributed by atoms with Crippen LogP contribution in [0.4, 0.5) is 10.7 Å². The lowest BCUT2D eigenvalue weighted by atomic mass is 10.2. The number of β-amino-alcohol motifs (C(OH)–C–C–N with tert-alkyl or cyclic N) is 1. The van der Waals surface area contributed by atoms with Crippen LogP contribution in [0.15, 0.2) is 0 Å². The van der Waals surface area contributed by atoms with Crippen LogP contribution < -0.4 is 10.6 Å². The molecule has 0 saturated carbocycles. The average Bonchev–Trinajstić information content (AvgIpc) is 3.01. The van der Waals surface area contributed by atoms with Crippen LogP contribution in [0.2, 0.25) is 0 Å². The number of thiophene rings is 1. The Morgan fingerprint density at radius 3 is 2.50 bits per heavy atom. The number of hydrogen-bond acceptors (Lipinski definition) is 8. The molecule has 110 valence electrons. The minimum absolute atomic E-state index is 0.0603. The van der Waals surface area contributed by atoms with Crippen molar-refractivity contribution in [2.24, 2.45) is 0 Å². The van der Waals surface area contributed by atoms with E-state index in [-0.39, 0.29) is 16.1 Å². The monoisotopic (exact) mass is 300 g/mol. The third kappa shape index (κ3) is 2.44. The maximum absolute atomic E-state index is 11.9. The fourth-order valence-electron chi connectivity index (χ4n) is 2.12. The zero-order chi connectivity index (χ0) is 14.9. The number of hydrogen-bond donors (Lipinski definition) is 2. The van der Waals surface area contributed by atoms with Crippen LogP contribution in [0.3, 0.4) is 0 Å². The molecule has 0 spiro atoms. The van der Waals surface area contributed by atoms with E-state index in [4.69, 9.17) is 10.5 Å². The quantitative estimate of drug-likeness (QED) is 0.782. The number of methoxy groups -OCH3 is 2. The number of nitrogens with zero attached hydrogens (tertiary/aromatic N) is 1. The Bertz CT molecular complexity index is 542. The van der Waals surface area contributed by atoms with Gasteiger partial charge in [-0.25, -0.2) is 9.59 Å². The van der Waals surface area contributed by atoms with E-state index in [9.17, 15) is 14.7 Å². The highest BCUT2D eigenvalue weighted by molar-refractivity contribution is 7.19. The van der Waals surface area contributed by atoms with E-state index in [1.54, 1.807) is 0 Å². The van der Waals surface area contributed by atoms with Crippen LogP contribution in [-0.4, -0.2) is 50.5 Å².